The molecular weight excluding hydrogens is 328 g/mol. The fraction of sp³-hybridized carbons (Fsp3) is 0.440. The van der Waals surface area contributed by atoms with Crippen LogP contribution in [0.3, 0.4) is 0 Å². The smallest absolute Gasteiger partial charge is 0.0486 e. The number of aromatic nitrogens is 1. The van der Waals surface area contributed by atoms with Crippen LogP contribution in [0.25, 0.3) is 10.9 Å². The van der Waals surface area contributed by atoms with E-state index in [0.717, 1.165) is 19.5 Å². The molecule has 0 atom stereocenters. The Morgan fingerprint density at radius 3 is 2.67 bits per heavy atom. The number of hydrogen-bond donors (Lipinski definition) is 0. The summed E-state index contributed by atoms with van der Waals surface area (Å²) in [6, 6.07) is 14.3. The van der Waals surface area contributed by atoms with Gasteiger partial charge in [-0.1, -0.05) is 29.8 Å². The molecule has 5 rings (SSSR count). The van der Waals surface area contributed by atoms with E-state index in [9.17, 15) is 0 Å². The van der Waals surface area contributed by atoms with Crippen molar-refractivity contribution in [3.8, 4) is 0 Å². The molecular formula is C25H30N2. The average molecular weight is 359 g/mol. The molecule has 140 valence electrons. The number of aryl methyl sites for hydroxylation is 5. The quantitative estimate of drug-likeness (QED) is 0.635. The van der Waals surface area contributed by atoms with E-state index in [1.807, 2.05) is 0 Å². The maximum atomic E-state index is 2.62. The second-order valence-electron chi connectivity index (χ2n) is 8.65. The molecule has 1 aliphatic heterocycles. The first kappa shape index (κ1) is 17.1. The van der Waals surface area contributed by atoms with Crippen molar-refractivity contribution in [2.45, 2.75) is 58.5 Å². The summed E-state index contributed by atoms with van der Waals surface area (Å²) in [5.41, 5.74) is 10.6. The van der Waals surface area contributed by atoms with E-state index in [-0.39, 0.29) is 0 Å². The normalized spacial score (nSPS) is 17.1. The largest absolute Gasteiger partial charge is 0.344 e. The van der Waals surface area contributed by atoms with Crippen LogP contribution in [0, 0.1) is 6.92 Å². The Morgan fingerprint density at radius 2 is 1.78 bits per heavy atom. The predicted molar refractivity (Wildman–Crippen MR) is 114 cm³/mol. The summed E-state index contributed by atoms with van der Waals surface area (Å²) in [4.78, 5) is 2.46. The molecule has 0 saturated carbocycles. The zero-order valence-electron chi connectivity index (χ0n) is 16.7. The zero-order chi connectivity index (χ0) is 18.4. The second kappa shape index (κ2) is 6.83. The first-order valence-corrected chi connectivity index (χ1v) is 10.6. The van der Waals surface area contributed by atoms with Crippen molar-refractivity contribution >= 4 is 10.9 Å². The summed E-state index contributed by atoms with van der Waals surface area (Å²) in [6.45, 7) is 5.56. The van der Waals surface area contributed by atoms with Gasteiger partial charge in [-0.05, 0) is 80.5 Å². The molecule has 0 amide bonds. The molecule has 2 heterocycles. The number of rotatable bonds is 3. The Labute approximate surface area is 162 Å². The van der Waals surface area contributed by atoms with Crippen LogP contribution in [-0.4, -0.2) is 23.1 Å². The Balaban J connectivity index is 1.48. The van der Waals surface area contributed by atoms with E-state index in [4.69, 9.17) is 0 Å². The third-order valence-electron chi connectivity index (χ3n) is 6.64. The fourth-order valence-electron chi connectivity index (χ4n) is 5.14. The molecule has 0 saturated heterocycles. The van der Waals surface area contributed by atoms with E-state index in [0.29, 0.717) is 0 Å². The SMILES string of the molecule is Cc1ccc2c(c1)c1c(n2CCc2ccc3c(c2)CCCC3)CCN(C)C1. The van der Waals surface area contributed by atoms with E-state index in [2.05, 4.69) is 59.8 Å². The van der Waals surface area contributed by atoms with Gasteiger partial charge < -0.3 is 9.47 Å². The van der Waals surface area contributed by atoms with Gasteiger partial charge in [0.15, 0.2) is 0 Å². The van der Waals surface area contributed by atoms with Crippen molar-refractivity contribution in [2.75, 3.05) is 13.6 Å². The summed E-state index contributed by atoms with van der Waals surface area (Å²) < 4.78 is 2.62. The van der Waals surface area contributed by atoms with Crippen LogP contribution in [0.15, 0.2) is 36.4 Å². The highest BCUT2D eigenvalue weighted by Gasteiger charge is 2.22. The Morgan fingerprint density at radius 1 is 0.926 bits per heavy atom. The lowest BCUT2D eigenvalue weighted by atomic mass is 9.90. The van der Waals surface area contributed by atoms with Crippen molar-refractivity contribution in [3.63, 3.8) is 0 Å². The van der Waals surface area contributed by atoms with Crippen molar-refractivity contribution in [2.24, 2.45) is 0 Å². The van der Waals surface area contributed by atoms with Crippen LogP contribution in [0.4, 0.5) is 0 Å². The van der Waals surface area contributed by atoms with Gasteiger partial charge in [0.05, 0.1) is 0 Å². The van der Waals surface area contributed by atoms with Crippen molar-refractivity contribution < 1.29 is 0 Å². The van der Waals surface area contributed by atoms with Crippen LogP contribution < -0.4 is 0 Å². The Bertz CT molecular complexity index is 995. The lowest BCUT2D eigenvalue weighted by Crippen LogP contribution is -2.27. The zero-order valence-corrected chi connectivity index (χ0v) is 16.7. The van der Waals surface area contributed by atoms with E-state index < -0.39 is 0 Å². The van der Waals surface area contributed by atoms with E-state index in [1.165, 1.54) is 60.7 Å². The number of hydrogen-bond acceptors (Lipinski definition) is 1. The first-order valence-electron chi connectivity index (χ1n) is 10.6. The third-order valence-corrected chi connectivity index (χ3v) is 6.64. The highest BCUT2D eigenvalue weighted by Crippen LogP contribution is 2.32. The third kappa shape index (κ3) is 3.10. The number of benzene rings is 2. The van der Waals surface area contributed by atoms with Gasteiger partial charge in [0.1, 0.15) is 0 Å². The van der Waals surface area contributed by atoms with Crippen molar-refractivity contribution in [1.82, 2.24) is 9.47 Å². The Hall–Kier alpha value is -2.06. The minimum Gasteiger partial charge on any atom is -0.344 e. The fourth-order valence-corrected chi connectivity index (χ4v) is 5.14. The molecule has 2 heteroatoms. The van der Waals surface area contributed by atoms with Crippen LogP contribution in [-0.2, 0) is 38.8 Å². The molecule has 0 N–H and O–H groups in total. The van der Waals surface area contributed by atoms with Crippen molar-refractivity contribution in [1.29, 1.82) is 0 Å². The molecule has 3 aromatic rings. The molecule has 0 bridgehead atoms. The summed E-state index contributed by atoms with van der Waals surface area (Å²) in [7, 11) is 2.25. The maximum Gasteiger partial charge on any atom is 0.0486 e. The summed E-state index contributed by atoms with van der Waals surface area (Å²) in [5, 5.41) is 1.47. The van der Waals surface area contributed by atoms with Gasteiger partial charge in [-0.15, -0.1) is 0 Å². The highest BCUT2D eigenvalue weighted by atomic mass is 15.1. The number of likely N-dealkylation sites (N-methyl/N-ethyl adjacent to an activating group) is 1. The van der Waals surface area contributed by atoms with Crippen LogP contribution in [0.5, 0.6) is 0 Å². The topological polar surface area (TPSA) is 8.17 Å². The first-order chi connectivity index (χ1) is 13.2. The number of nitrogens with zero attached hydrogens (tertiary/aromatic N) is 2. The minimum absolute atomic E-state index is 1.08. The summed E-state index contributed by atoms with van der Waals surface area (Å²) >= 11 is 0. The van der Waals surface area contributed by atoms with Gasteiger partial charge in [-0.25, -0.2) is 0 Å². The molecule has 1 aliphatic carbocycles. The van der Waals surface area contributed by atoms with E-state index >= 15 is 0 Å². The standard InChI is InChI=1S/C25H30N2/c1-18-7-10-24-22(15-18)23-17-26(2)13-12-25(23)27(24)14-11-19-8-9-20-5-3-4-6-21(20)16-19/h7-10,15-16H,3-6,11-14,17H2,1-2H3. The van der Waals surface area contributed by atoms with Crippen LogP contribution in [0.1, 0.15) is 46.4 Å². The van der Waals surface area contributed by atoms with Gasteiger partial charge in [0.2, 0.25) is 0 Å². The number of fused-ring (bicyclic) bond motifs is 4. The van der Waals surface area contributed by atoms with Crippen molar-refractivity contribution in [3.05, 3.63) is 69.9 Å². The average Bonchev–Trinajstić information content (AvgIpc) is 2.98. The molecule has 2 aliphatic rings. The lowest BCUT2D eigenvalue weighted by molar-refractivity contribution is 0.309. The molecule has 0 radical (unpaired) electrons. The van der Waals surface area contributed by atoms with Crippen LogP contribution in [0.2, 0.25) is 0 Å². The second-order valence-corrected chi connectivity index (χ2v) is 8.65. The van der Waals surface area contributed by atoms with Gasteiger partial charge in [0, 0.05) is 42.7 Å². The lowest BCUT2D eigenvalue weighted by Gasteiger charge is -2.24. The summed E-state index contributed by atoms with van der Waals surface area (Å²) in [5.74, 6) is 0. The molecule has 27 heavy (non-hydrogen) atoms. The summed E-state index contributed by atoms with van der Waals surface area (Å²) in [6.07, 6.45) is 7.58. The highest BCUT2D eigenvalue weighted by molar-refractivity contribution is 5.86. The molecule has 2 aromatic carbocycles. The van der Waals surface area contributed by atoms with Gasteiger partial charge >= 0.3 is 0 Å². The Kier molecular flexibility index (Phi) is 4.32. The van der Waals surface area contributed by atoms with E-state index in [1.54, 1.807) is 22.4 Å². The van der Waals surface area contributed by atoms with Gasteiger partial charge in [0.25, 0.3) is 0 Å². The predicted octanol–water partition coefficient (Wildman–Crippen LogP) is 5.06. The molecule has 0 unspecified atom stereocenters. The minimum atomic E-state index is 1.08. The molecule has 1 aromatic heterocycles. The molecule has 0 fully saturated rings. The molecule has 0 spiro atoms. The van der Waals surface area contributed by atoms with Gasteiger partial charge in [-0.3, -0.25) is 0 Å². The maximum absolute atomic E-state index is 2.62. The van der Waals surface area contributed by atoms with Gasteiger partial charge in [-0.2, -0.15) is 0 Å². The monoisotopic (exact) mass is 358 g/mol. The molecule has 2 nitrogen and oxygen atoms in total. The van der Waals surface area contributed by atoms with Crippen LogP contribution >= 0.6 is 0 Å².